The molecular formula is C15H27Cl2N3O. The van der Waals surface area contributed by atoms with Gasteiger partial charge in [-0.2, -0.15) is 0 Å². The first-order valence-electron chi connectivity index (χ1n) is 8.02. The van der Waals surface area contributed by atoms with Crippen molar-refractivity contribution < 1.29 is 4.79 Å². The average Bonchev–Trinajstić information content (AvgIpc) is 3.33. The van der Waals surface area contributed by atoms with Crippen LogP contribution < -0.4 is 10.6 Å². The Labute approximate surface area is 139 Å². The molecule has 2 saturated carbocycles. The monoisotopic (exact) mass is 335 g/mol. The highest BCUT2D eigenvalue weighted by Crippen LogP contribution is 2.58. The maximum atomic E-state index is 12.4. The first kappa shape index (κ1) is 17.3. The summed E-state index contributed by atoms with van der Waals surface area (Å²) in [7, 11) is 0. The van der Waals surface area contributed by atoms with Gasteiger partial charge in [0.1, 0.15) is 0 Å². The van der Waals surface area contributed by atoms with Gasteiger partial charge in [0.15, 0.2) is 0 Å². The molecule has 2 aliphatic carbocycles. The van der Waals surface area contributed by atoms with Crippen LogP contribution in [0.15, 0.2) is 0 Å². The summed E-state index contributed by atoms with van der Waals surface area (Å²) in [5.41, 5.74) is 0.379. The molecule has 2 unspecified atom stereocenters. The number of nitrogens with one attached hydrogen (secondary N) is 2. The van der Waals surface area contributed by atoms with Crippen molar-refractivity contribution >= 4 is 30.7 Å². The Morgan fingerprint density at radius 1 is 1.14 bits per heavy atom. The summed E-state index contributed by atoms with van der Waals surface area (Å²) >= 11 is 0. The van der Waals surface area contributed by atoms with Crippen molar-refractivity contribution in [3.63, 3.8) is 0 Å². The van der Waals surface area contributed by atoms with Gasteiger partial charge in [-0.1, -0.05) is 0 Å². The second-order valence-electron chi connectivity index (χ2n) is 7.09. The average molecular weight is 336 g/mol. The second kappa shape index (κ2) is 6.61. The number of hydrogen-bond donors (Lipinski definition) is 2. The number of carbonyl (C=O) groups is 1. The highest BCUT2D eigenvalue weighted by Gasteiger charge is 2.57. The molecule has 122 valence electrons. The van der Waals surface area contributed by atoms with E-state index in [0.29, 0.717) is 23.3 Å². The van der Waals surface area contributed by atoms with Gasteiger partial charge in [0.05, 0.1) is 0 Å². The molecule has 0 aromatic rings. The van der Waals surface area contributed by atoms with E-state index >= 15 is 0 Å². The van der Waals surface area contributed by atoms with Crippen molar-refractivity contribution in [2.75, 3.05) is 26.2 Å². The molecule has 0 aromatic carbocycles. The van der Waals surface area contributed by atoms with Crippen molar-refractivity contribution in [1.29, 1.82) is 0 Å². The Hall–Kier alpha value is -0.0300. The zero-order valence-corrected chi connectivity index (χ0v) is 14.1. The third kappa shape index (κ3) is 3.49. The molecule has 2 aliphatic heterocycles. The van der Waals surface area contributed by atoms with Gasteiger partial charge >= 0.3 is 0 Å². The molecule has 4 nitrogen and oxygen atoms in total. The van der Waals surface area contributed by atoms with Crippen LogP contribution in [0.1, 0.15) is 38.5 Å². The van der Waals surface area contributed by atoms with E-state index < -0.39 is 0 Å². The van der Waals surface area contributed by atoms with E-state index in [1.165, 1.54) is 32.2 Å². The number of rotatable bonds is 3. The molecule has 4 aliphatic rings. The topological polar surface area (TPSA) is 44.4 Å². The number of hydrogen-bond acceptors (Lipinski definition) is 3. The molecule has 2 N–H and O–H groups in total. The Morgan fingerprint density at radius 3 is 2.52 bits per heavy atom. The molecule has 2 atom stereocenters. The normalized spacial score (nSPS) is 33.9. The number of carbonyl (C=O) groups excluding carboxylic acids is 1. The van der Waals surface area contributed by atoms with E-state index in [4.69, 9.17) is 0 Å². The lowest BCUT2D eigenvalue weighted by atomic mass is 9.91. The summed E-state index contributed by atoms with van der Waals surface area (Å²) in [6.45, 7) is 4.48. The molecule has 21 heavy (non-hydrogen) atoms. The minimum atomic E-state index is 0. The van der Waals surface area contributed by atoms with Crippen LogP contribution in [0.25, 0.3) is 0 Å². The SMILES string of the molecule is Cl.Cl.O=C(NC1CCN(C2CC2)C1)C1CC12CCNCC2. The predicted octanol–water partition coefficient (Wildman–Crippen LogP) is 1.57. The van der Waals surface area contributed by atoms with Crippen molar-refractivity contribution in [3.8, 4) is 0 Å². The summed E-state index contributed by atoms with van der Waals surface area (Å²) in [6, 6.07) is 1.27. The smallest absolute Gasteiger partial charge is 0.223 e. The Kier molecular flexibility index (Phi) is 5.45. The molecule has 4 fully saturated rings. The molecule has 0 aromatic heterocycles. The predicted molar refractivity (Wildman–Crippen MR) is 88.3 cm³/mol. The molecule has 4 rings (SSSR count). The second-order valence-corrected chi connectivity index (χ2v) is 7.09. The Bertz CT molecular complexity index is 383. The number of piperidine rings is 1. The molecule has 1 amide bonds. The summed E-state index contributed by atoms with van der Waals surface area (Å²) in [4.78, 5) is 14.9. The van der Waals surface area contributed by atoms with Crippen molar-refractivity contribution in [1.82, 2.24) is 15.5 Å². The van der Waals surface area contributed by atoms with Crippen LogP contribution >= 0.6 is 24.8 Å². The largest absolute Gasteiger partial charge is 0.352 e. The maximum absolute atomic E-state index is 12.4. The number of halogens is 2. The highest BCUT2D eigenvalue weighted by atomic mass is 35.5. The summed E-state index contributed by atoms with van der Waals surface area (Å²) in [6.07, 6.45) is 7.44. The van der Waals surface area contributed by atoms with E-state index in [9.17, 15) is 4.79 Å². The lowest BCUT2D eigenvalue weighted by Gasteiger charge is -2.23. The minimum absolute atomic E-state index is 0. The van der Waals surface area contributed by atoms with Crippen LogP contribution in [0.2, 0.25) is 0 Å². The lowest BCUT2D eigenvalue weighted by molar-refractivity contribution is -0.123. The zero-order chi connectivity index (χ0) is 12.9. The van der Waals surface area contributed by atoms with Crippen molar-refractivity contribution in [2.45, 2.75) is 50.6 Å². The Morgan fingerprint density at radius 2 is 1.86 bits per heavy atom. The van der Waals surface area contributed by atoms with Crippen LogP contribution in [0.5, 0.6) is 0 Å². The van der Waals surface area contributed by atoms with Gasteiger partial charge in [-0.15, -0.1) is 24.8 Å². The van der Waals surface area contributed by atoms with Gasteiger partial charge in [-0.05, 0) is 57.0 Å². The molecule has 2 heterocycles. The van der Waals surface area contributed by atoms with Crippen LogP contribution in [0, 0.1) is 11.3 Å². The summed E-state index contributed by atoms with van der Waals surface area (Å²) in [5.74, 6) is 0.675. The van der Waals surface area contributed by atoms with Crippen LogP contribution in [0.4, 0.5) is 0 Å². The van der Waals surface area contributed by atoms with E-state index in [0.717, 1.165) is 38.5 Å². The zero-order valence-electron chi connectivity index (χ0n) is 12.5. The van der Waals surface area contributed by atoms with E-state index in [1.54, 1.807) is 0 Å². The molecular weight excluding hydrogens is 309 g/mol. The standard InChI is InChI=1S/C15H25N3O.2ClH/c19-14(13-9-15(13)4-6-16-7-5-15)17-11-3-8-18(10-11)12-1-2-12;;/h11-13,16H,1-10H2,(H,17,19);2*1H. The van der Waals surface area contributed by atoms with Gasteiger partial charge in [0.25, 0.3) is 0 Å². The fourth-order valence-corrected chi connectivity index (χ4v) is 4.17. The van der Waals surface area contributed by atoms with E-state index in [2.05, 4.69) is 15.5 Å². The quantitative estimate of drug-likeness (QED) is 0.822. The fraction of sp³-hybridized carbons (Fsp3) is 0.933. The van der Waals surface area contributed by atoms with Crippen molar-refractivity contribution in [2.24, 2.45) is 11.3 Å². The van der Waals surface area contributed by atoms with Gasteiger partial charge in [-0.25, -0.2) is 0 Å². The van der Waals surface area contributed by atoms with Gasteiger partial charge < -0.3 is 10.6 Å². The molecule has 0 bridgehead atoms. The van der Waals surface area contributed by atoms with Crippen LogP contribution in [-0.2, 0) is 4.79 Å². The fourth-order valence-electron chi connectivity index (χ4n) is 4.17. The highest BCUT2D eigenvalue weighted by molar-refractivity contribution is 5.85. The van der Waals surface area contributed by atoms with Crippen LogP contribution in [0.3, 0.4) is 0 Å². The lowest BCUT2D eigenvalue weighted by Crippen LogP contribution is -2.40. The van der Waals surface area contributed by atoms with Crippen molar-refractivity contribution in [3.05, 3.63) is 0 Å². The molecule has 1 spiro atoms. The third-order valence-corrected chi connectivity index (χ3v) is 5.73. The molecule has 0 radical (unpaired) electrons. The Balaban J connectivity index is 0.000000807. The number of amides is 1. The summed E-state index contributed by atoms with van der Waals surface area (Å²) in [5, 5.41) is 6.72. The van der Waals surface area contributed by atoms with Gasteiger partial charge in [-0.3, -0.25) is 9.69 Å². The van der Waals surface area contributed by atoms with Gasteiger partial charge in [0, 0.05) is 31.1 Å². The molecule has 6 heteroatoms. The van der Waals surface area contributed by atoms with E-state index in [-0.39, 0.29) is 24.8 Å². The number of nitrogens with zero attached hydrogens (tertiary/aromatic N) is 1. The molecule has 2 saturated heterocycles. The van der Waals surface area contributed by atoms with E-state index in [1.807, 2.05) is 0 Å². The number of likely N-dealkylation sites (tertiary alicyclic amines) is 1. The minimum Gasteiger partial charge on any atom is -0.352 e. The first-order chi connectivity index (χ1) is 9.27. The maximum Gasteiger partial charge on any atom is 0.223 e. The van der Waals surface area contributed by atoms with Gasteiger partial charge in [0.2, 0.25) is 5.91 Å². The third-order valence-electron chi connectivity index (χ3n) is 5.73. The first-order valence-corrected chi connectivity index (χ1v) is 8.02. The summed E-state index contributed by atoms with van der Waals surface area (Å²) < 4.78 is 0. The van der Waals surface area contributed by atoms with Crippen LogP contribution in [-0.4, -0.2) is 49.1 Å².